The van der Waals surface area contributed by atoms with E-state index in [1.807, 2.05) is 0 Å². The van der Waals surface area contributed by atoms with Gasteiger partial charge in [-0.15, -0.1) is 0 Å². The Morgan fingerprint density at radius 3 is 2.48 bits per heavy atom. The van der Waals surface area contributed by atoms with Crippen LogP contribution in [0, 0.1) is 0 Å². The molecular weight excluding hydrogens is 428 g/mol. The predicted molar refractivity (Wildman–Crippen MR) is 114 cm³/mol. The van der Waals surface area contributed by atoms with Crippen LogP contribution in [0.4, 0.5) is 0 Å². The monoisotopic (exact) mass is 458 g/mol. The molecule has 0 saturated carbocycles. The number of nitrogens with two attached hydrogens (primary N) is 2. The summed E-state index contributed by atoms with van der Waals surface area (Å²) < 4.78 is 0. The minimum absolute atomic E-state index is 0.126. The number of nitrogens with one attached hydrogen (secondary N) is 3. The van der Waals surface area contributed by atoms with Gasteiger partial charge in [-0.2, -0.15) is 0 Å². The van der Waals surface area contributed by atoms with Crippen molar-refractivity contribution in [3.63, 3.8) is 0 Å². The van der Waals surface area contributed by atoms with Crippen LogP contribution in [0.15, 0.2) is 12.5 Å². The van der Waals surface area contributed by atoms with E-state index < -0.39 is 36.0 Å². The Morgan fingerprint density at radius 2 is 1.90 bits per heavy atom. The molecule has 0 aliphatic rings. The second kappa shape index (κ2) is 14.5. The van der Waals surface area contributed by atoms with Gasteiger partial charge in [0.1, 0.15) is 12.1 Å². The molecule has 2 unspecified atom stereocenters. The number of hydrogen-bond acceptors (Lipinski definition) is 9. The summed E-state index contributed by atoms with van der Waals surface area (Å²) in [5.41, 5.74) is 11.6. The van der Waals surface area contributed by atoms with Crippen LogP contribution in [-0.2, 0) is 25.6 Å². The maximum Gasteiger partial charge on any atom is 0.327 e. The molecule has 0 bridgehead atoms. The van der Waals surface area contributed by atoms with E-state index in [9.17, 15) is 24.3 Å². The number of carboxylic acid groups (broad SMARTS) is 2. The molecule has 31 heavy (non-hydrogen) atoms. The summed E-state index contributed by atoms with van der Waals surface area (Å²) in [5, 5.41) is 23.3. The molecule has 0 fully saturated rings. The van der Waals surface area contributed by atoms with E-state index in [0.29, 0.717) is 19.5 Å². The molecule has 9 N–H and O–H groups in total. The summed E-state index contributed by atoms with van der Waals surface area (Å²) in [5.74, 6) is -3.36. The number of imidazole rings is 1. The predicted octanol–water partition coefficient (Wildman–Crippen LogP) is -1.33. The average Bonchev–Trinajstić information content (AvgIpc) is 3.24. The lowest BCUT2D eigenvalue weighted by Gasteiger charge is -2.19. The van der Waals surface area contributed by atoms with Gasteiger partial charge >= 0.3 is 11.9 Å². The van der Waals surface area contributed by atoms with Crippen LogP contribution in [0.1, 0.15) is 31.4 Å². The molecule has 1 rings (SSSR count). The summed E-state index contributed by atoms with van der Waals surface area (Å²) in [6.07, 6.45) is 4.70. The van der Waals surface area contributed by atoms with Gasteiger partial charge in [-0.25, -0.2) is 9.78 Å². The molecular formula is C18H30N6O6S. The van der Waals surface area contributed by atoms with Crippen molar-refractivity contribution >= 4 is 34.7 Å². The van der Waals surface area contributed by atoms with Crippen molar-refractivity contribution in [3.8, 4) is 0 Å². The number of H-pyrrole nitrogens is 1. The first-order chi connectivity index (χ1) is 14.7. The van der Waals surface area contributed by atoms with Gasteiger partial charge in [0.2, 0.25) is 11.0 Å². The largest absolute Gasteiger partial charge is 0.480 e. The Balaban J connectivity index is 2.60. The van der Waals surface area contributed by atoms with Crippen molar-refractivity contribution < 1.29 is 29.4 Å². The summed E-state index contributed by atoms with van der Waals surface area (Å²) in [7, 11) is 0. The zero-order valence-electron chi connectivity index (χ0n) is 17.1. The number of unbranched alkanes of at least 4 members (excludes halogenated alkanes) is 1. The highest BCUT2D eigenvalue weighted by Crippen LogP contribution is 2.12. The highest BCUT2D eigenvalue weighted by molar-refractivity contribution is 8.13. The number of aromatic nitrogens is 2. The number of carbonyl (C=O) groups excluding carboxylic acids is 2. The molecule has 1 amide bonds. The number of aliphatic carboxylic acids is 2. The smallest absolute Gasteiger partial charge is 0.327 e. The van der Waals surface area contributed by atoms with E-state index in [2.05, 4.69) is 20.6 Å². The van der Waals surface area contributed by atoms with Gasteiger partial charge in [0.05, 0.1) is 12.4 Å². The maximum atomic E-state index is 12.7. The molecule has 3 atom stereocenters. The van der Waals surface area contributed by atoms with Crippen LogP contribution in [0.2, 0.25) is 0 Å². The number of nitrogens with zero attached hydrogens (tertiary/aromatic N) is 1. The van der Waals surface area contributed by atoms with E-state index in [1.54, 1.807) is 6.20 Å². The first kappa shape index (κ1) is 26.6. The number of rotatable bonds is 16. The van der Waals surface area contributed by atoms with E-state index in [1.165, 1.54) is 6.33 Å². The number of aromatic amines is 1. The fourth-order valence-corrected chi connectivity index (χ4v) is 3.44. The number of thioether (sulfide) groups is 1. The normalized spacial score (nSPS) is 13.9. The molecule has 0 aliphatic heterocycles. The Labute approximate surface area is 183 Å². The van der Waals surface area contributed by atoms with Crippen molar-refractivity contribution in [1.29, 1.82) is 0 Å². The van der Waals surface area contributed by atoms with Crippen LogP contribution in [0.25, 0.3) is 0 Å². The van der Waals surface area contributed by atoms with Gasteiger partial charge < -0.3 is 37.3 Å². The summed E-state index contributed by atoms with van der Waals surface area (Å²) in [4.78, 5) is 53.6. The molecule has 1 aromatic heterocycles. The zero-order valence-corrected chi connectivity index (χ0v) is 17.9. The van der Waals surface area contributed by atoms with E-state index in [4.69, 9.17) is 16.6 Å². The molecule has 0 spiro atoms. The summed E-state index contributed by atoms with van der Waals surface area (Å²) >= 11 is 0.803. The minimum Gasteiger partial charge on any atom is -0.480 e. The van der Waals surface area contributed by atoms with Gasteiger partial charge in [0.25, 0.3) is 0 Å². The van der Waals surface area contributed by atoms with Crippen molar-refractivity contribution in [3.05, 3.63) is 18.2 Å². The van der Waals surface area contributed by atoms with Gasteiger partial charge in [-0.1, -0.05) is 11.8 Å². The third-order valence-corrected chi connectivity index (χ3v) is 5.38. The first-order valence-electron chi connectivity index (χ1n) is 9.82. The fourth-order valence-electron chi connectivity index (χ4n) is 2.52. The lowest BCUT2D eigenvalue weighted by Crippen LogP contribution is -2.44. The number of amides is 1. The topological polar surface area (TPSA) is 214 Å². The molecule has 1 aromatic rings. The first-order valence-corrected chi connectivity index (χ1v) is 10.8. The second-order valence-corrected chi connectivity index (χ2v) is 7.88. The minimum atomic E-state index is -1.30. The highest BCUT2D eigenvalue weighted by Gasteiger charge is 2.25. The van der Waals surface area contributed by atoms with E-state index >= 15 is 0 Å². The number of carboxylic acids is 2. The van der Waals surface area contributed by atoms with Crippen molar-refractivity contribution in [1.82, 2.24) is 20.6 Å². The van der Waals surface area contributed by atoms with E-state index in [-0.39, 0.29) is 23.7 Å². The Kier molecular flexibility index (Phi) is 12.4. The molecule has 0 radical (unpaired) electrons. The van der Waals surface area contributed by atoms with Crippen molar-refractivity contribution in [2.45, 2.75) is 50.2 Å². The van der Waals surface area contributed by atoms with Crippen molar-refractivity contribution in [2.24, 2.45) is 11.5 Å². The van der Waals surface area contributed by atoms with Crippen LogP contribution >= 0.6 is 11.8 Å². The average molecular weight is 459 g/mol. The number of carbonyl (C=O) groups is 4. The molecule has 0 aromatic carbocycles. The Bertz CT molecular complexity index is 716. The van der Waals surface area contributed by atoms with Crippen LogP contribution in [-0.4, -0.2) is 80.1 Å². The third-order valence-electron chi connectivity index (χ3n) is 4.31. The summed E-state index contributed by atoms with van der Waals surface area (Å²) in [6.45, 7) is 1.12. The molecule has 0 saturated heterocycles. The SMILES string of the molecule is NCCCCN[C@@H](Cc1cnc[nH]1)C(=O)SCC(NC(=O)CCC(N)C(=O)O)C(=O)O. The zero-order chi connectivity index (χ0) is 23.2. The lowest BCUT2D eigenvalue weighted by molar-refractivity contribution is -0.141. The molecule has 1 heterocycles. The molecule has 13 heteroatoms. The van der Waals surface area contributed by atoms with Gasteiger partial charge in [0, 0.05) is 30.5 Å². The highest BCUT2D eigenvalue weighted by atomic mass is 32.2. The van der Waals surface area contributed by atoms with Gasteiger partial charge in [0.15, 0.2) is 0 Å². The standard InChI is InChI=1S/C18H30N6O6S/c19-5-1-2-6-22-13(7-11-8-21-10-23-11)18(30)31-9-14(17(28)29)24-15(25)4-3-12(20)16(26)27/h8,10,12-14,22H,1-7,9,19-20H2,(H,21,23)(H,24,25)(H,26,27)(H,28,29)/t12?,13-,14?/m0/s1. The van der Waals surface area contributed by atoms with Gasteiger partial charge in [-0.05, 0) is 32.4 Å². The Morgan fingerprint density at radius 1 is 1.16 bits per heavy atom. The Hall–Kier alpha value is -2.48. The molecule has 12 nitrogen and oxygen atoms in total. The van der Waals surface area contributed by atoms with Gasteiger partial charge in [-0.3, -0.25) is 14.4 Å². The van der Waals surface area contributed by atoms with E-state index in [0.717, 1.165) is 30.3 Å². The van der Waals surface area contributed by atoms with Crippen LogP contribution in [0.5, 0.6) is 0 Å². The van der Waals surface area contributed by atoms with Crippen LogP contribution in [0.3, 0.4) is 0 Å². The number of hydrogen-bond donors (Lipinski definition) is 7. The molecule has 0 aliphatic carbocycles. The second-order valence-electron chi connectivity index (χ2n) is 6.86. The van der Waals surface area contributed by atoms with Crippen molar-refractivity contribution in [2.75, 3.05) is 18.8 Å². The maximum absolute atomic E-state index is 12.7. The fraction of sp³-hybridized carbons (Fsp3) is 0.611. The quantitative estimate of drug-likeness (QED) is 0.144. The molecule has 174 valence electrons. The van der Waals surface area contributed by atoms with Crippen LogP contribution < -0.4 is 22.1 Å². The summed E-state index contributed by atoms with van der Waals surface area (Å²) in [6, 6.07) is -3.08. The third kappa shape index (κ3) is 10.9. The lowest BCUT2D eigenvalue weighted by atomic mass is 10.1.